The molecule has 2 amide bonds. The number of piperidine rings is 1. The number of ether oxygens (including phenoxy) is 3. The Balaban J connectivity index is 1.60. The Labute approximate surface area is 278 Å². The van der Waals surface area contributed by atoms with E-state index in [4.69, 9.17) is 30.9 Å². The normalized spacial score (nSPS) is 17.0. The van der Waals surface area contributed by atoms with Crippen molar-refractivity contribution in [3.05, 3.63) is 82.9 Å². The molecule has 0 aliphatic carbocycles. The van der Waals surface area contributed by atoms with Crippen LogP contribution in [0.5, 0.6) is 17.2 Å². The van der Waals surface area contributed by atoms with E-state index in [1.807, 2.05) is 71.6 Å². The van der Waals surface area contributed by atoms with Gasteiger partial charge in [-0.3, -0.25) is 14.5 Å². The van der Waals surface area contributed by atoms with Gasteiger partial charge in [0.1, 0.15) is 29.6 Å². The quantitative estimate of drug-likeness (QED) is 0.209. The predicted octanol–water partition coefficient (Wildman–Crippen LogP) is 6.65. The molecule has 0 N–H and O–H groups in total. The van der Waals surface area contributed by atoms with E-state index in [0.29, 0.717) is 52.8 Å². The van der Waals surface area contributed by atoms with Crippen LogP contribution in [-0.2, 0) is 9.59 Å². The fourth-order valence-corrected chi connectivity index (χ4v) is 7.37. The van der Waals surface area contributed by atoms with E-state index >= 15 is 0 Å². The van der Waals surface area contributed by atoms with E-state index < -0.39 is 5.25 Å². The fourth-order valence-electron chi connectivity index (χ4n) is 6.03. The van der Waals surface area contributed by atoms with Gasteiger partial charge >= 0.3 is 0 Å². The molecular weight excluding hydrogens is 624 g/mol. The van der Waals surface area contributed by atoms with Crippen LogP contribution in [0.25, 0.3) is 16.9 Å². The van der Waals surface area contributed by atoms with Crippen LogP contribution in [0.4, 0.5) is 5.82 Å². The minimum absolute atomic E-state index is 0.0795. The summed E-state index contributed by atoms with van der Waals surface area (Å²) in [6, 6.07) is 20.6. The zero-order valence-electron chi connectivity index (χ0n) is 26.4. The van der Waals surface area contributed by atoms with Crippen LogP contribution in [0.2, 0.25) is 5.02 Å². The number of benzene rings is 3. The molecule has 9 nitrogen and oxygen atoms in total. The number of anilines is 1. The summed E-state index contributed by atoms with van der Waals surface area (Å²) in [4.78, 5) is 31.5. The summed E-state index contributed by atoms with van der Waals surface area (Å²) in [7, 11) is 4.87. The lowest BCUT2D eigenvalue weighted by Crippen LogP contribution is -2.46. The molecule has 240 valence electrons. The average Bonchev–Trinajstić information content (AvgIpc) is 3.41. The second kappa shape index (κ2) is 13.7. The van der Waals surface area contributed by atoms with Crippen molar-refractivity contribution < 1.29 is 23.8 Å². The molecule has 0 spiro atoms. The van der Waals surface area contributed by atoms with E-state index in [2.05, 4.69) is 6.92 Å². The minimum Gasteiger partial charge on any atom is -0.497 e. The minimum atomic E-state index is -0.391. The molecule has 2 aliphatic heterocycles. The zero-order chi connectivity index (χ0) is 32.4. The molecule has 46 heavy (non-hydrogen) atoms. The van der Waals surface area contributed by atoms with Gasteiger partial charge in [-0.05, 0) is 73.4 Å². The van der Waals surface area contributed by atoms with Crippen molar-refractivity contribution in [2.75, 3.05) is 51.6 Å². The number of hydrogen-bond acceptors (Lipinski definition) is 7. The topological polar surface area (TPSA) is 86.1 Å². The summed E-state index contributed by atoms with van der Waals surface area (Å²) in [5.74, 6) is 3.01. The molecule has 1 fully saturated rings. The van der Waals surface area contributed by atoms with E-state index in [9.17, 15) is 9.59 Å². The Morgan fingerprint density at radius 3 is 2.26 bits per heavy atom. The number of fused-ring (bicyclic) bond motifs is 1. The highest BCUT2D eigenvalue weighted by atomic mass is 35.5. The van der Waals surface area contributed by atoms with Gasteiger partial charge in [0, 0.05) is 34.8 Å². The highest BCUT2D eigenvalue weighted by Crippen LogP contribution is 2.51. The van der Waals surface area contributed by atoms with E-state index in [1.165, 1.54) is 11.8 Å². The highest BCUT2D eigenvalue weighted by molar-refractivity contribution is 8.00. The van der Waals surface area contributed by atoms with Gasteiger partial charge in [-0.2, -0.15) is 5.10 Å². The van der Waals surface area contributed by atoms with Gasteiger partial charge in [0.05, 0.1) is 43.7 Å². The first-order chi connectivity index (χ1) is 22.3. The third-order valence-electron chi connectivity index (χ3n) is 8.67. The van der Waals surface area contributed by atoms with Crippen molar-refractivity contribution in [1.82, 2.24) is 14.7 Å². The van der Waals surface area contributed by atoms with Crippen LogP contribution in [0.3, 0.4) is 0 Å². The molecule has 0 radical (unpaired) electrons. The van der Waals surface area contributed by atoms with Crippen LogP contribution < -0.4 is 19.1 Å². The van der Waals surface area contributed by atoms with Crippen molar-refractivity contribution in [3.63, 3.8) is 0 Å². The van der Waals surface area contributed by atoms with E-state index in [-0.39, 0.29) is 24.1 Å². The molecule has 1 aromatic heterocycles. The molecule has 1 saturated heterocycles. The van der Waals surface area contributed by atoms with Crippen molar-refractivity contribution >= 4 is 41.0 Å². The Hall–Kier alpha value is -4.15. The van der Waals surface area contributed by atoms with Gasteiger partial charge in [0.2, 0.25) is 11.8 Å². The molecule has 4 aromatic rings. The molecular formula is C35H37ClN4O5S. The molecule has 11 heteroatoms. The second-order valence-corrected chi connectivity index (χ2v) is 13.1. The van der Waals surface area contributed by atoms with Gasteiger partial charge in [-0.15, -0.1) is 11.8 Å². The lowest BCUT2D eigenvalue weighted by molar-refractivity contribution is -0.132. The number of hydrogen-bond donors (Lipinski definition) is 0. The number of likely N-dealkylation sites (tertiary alicyclic amines) is 1. The van der Waals surface area contributed by atoms with Crippen LogP contribution in [0, 0.1) is 5.92 Å². The summed E-state index contributed by atoms with van der Waals surface area (Å²) in [6.45, 7) is 3.48. The monoisotopic (exact) mass is 660 g/mol. The number of amides is 2. The first-order valence-corrected chi connectivity index (χ1v) is 16.7. The van der Waals surface area contributed by atoms with Crippen LogP contribution in [-0.4, -0.2) is 73.2 Å². The fraction of sp³-hybridized carbons (Fsp3) is 0.343. The number of carbonyl (C=O) groups excluding carboxylic acids is 2. The maximum Gasteiger partial charge on any atom is 0.242 e. The number of thioether (sulfide) groups is 1. The van der Waals surface area contributed by atoms with Crippen LogP contribution in [0.15, 0.2) is 66.7 Å². The molecule has 0 saturated carbocycles. The molecule has 0 unspecified atom stereocenters. The number of nitrogens with zero attached hydrogens (tertiary/aromatic N) is 4. The molecule has 2 aliphatic rings. The highest BCUT2D eigenvalue weighted by Gasteiger charge is 2.39. The number of halogens is 1. The van der Waals surface area contributed by atoms with E-state index in [1.54, 1.807) is 30.9 Å². The first kappa shape index (κ1) is 31.8. The number of rotatable bonds is 8. The Morgan fingerprint density at radius 1 is 0.935 bits per heavy atom. The number of aromatic nitrogens is 2. The van der Waals surface area contributed by atoms with Gasteiger partial charge in [-0.1, -0.05) is 30.7 Å². The Bertz CT molecular complexity index is 1720. The maximum atomic E-state index is 14.2. The Morgan fingerprint density at radius 2 is 1.61 bits per heavy atom. The summed E-state index contributed by atoms with van der Waals surface area (Å²) in [6.07, 6.45) is 1.89. The average molecular weight is 661 g/mol. The summed E-state index contributed by atoms with van der Waals surface area (Å²) in [5, 5.41) is 5.38. The summed E-state index contributed by atoms with van der Waals surface area (Å²) < 4.78 is 18.7. The first-order valence-electron chi connectivity index (χ1n) is 15.3. The molecule has 3 heterocycles. The largest absolute Gasteiger partial charge is 0.497 e. The summed E-state index contributed by atoms with van der Waals surface area (Å²) in [5.41, 5.74) is 3.84. The van der Waals surface area contributed by atoms with E-state index in [0.717, 1.165) is 35.2 Å². The molecule has 1 atom stereocenters. The van der Waals surface area contributed by atoms with Gasteiger partial charge in [0.25, 0.3) is 0 Å². The maximum absolute atomic E-state index is 14.2. The smallest absolute Gasteiger partial charge is 0.242 e. The van der Waals surface area contributed by atoms with Gasteiger partial charge < -0.3 is 19.1 Å². The van der Waals surface area contributed by atoms with Gasteiger partial charge in [0.15, 0.2) is 0 Å². The SMILES string of the molecule is COc1ccc(-n2nc(-c3ccc(Cl)cc3)c3c2N(CC(=O)N2CCC(C)CC2)C(=O)CS[C@@H]3c2cc(OC)ccc2OC)cc1. The third-order valence-corrected chi connectivity index (χ3v) is 10.2. The predicted molar refractivity (Wildman–Crippen MR) is 182 cm³/mol. The van der Waals surface area contributed by atoms with Crippen LogP contribution >= 0.6 is 23.4 Å². The molecule has 3 aromatic carbocycles. The standard InChI is InChI=1S/C35H37ClN4O5S/c1-22-15-17-38(18-16-22)30(41)20-39-31(42)21-46-34(28-19-27(44-3)13-14-29(28)45-4)32-33(23-5-7-24(36)8-6-23)37-40(35(32)39)25-9-11-26(43-2)12-10-25/h5-14,19,22,34H,15-18,20-21H2,1-4H3/t34-/m1/s1. The van der Waals surface area contributed by atoms with Crippen LogP contribution in [0.1, 0.15) is 36.1 Å². The zero-order valence-corrected chi connectivity index (χ0v) is 27.9. The van der Waals surface area contributed by atoms with Crippen molar-refractivity contribution in [3.8, 4) is 34.2 Å². The van der Waals surface area contributed by atoms with Crippen molar-refractivity contribution in [2.24, 2.45) is 5.92 Å². The number of methoxy groups -OCH3 is 3. The lowest BCUT2D eigenvalue weighted by atomic mass is 9.98. The third kappa shape index (κ3) is 6.28. The van der Waals surface area contributed by atoms with Crippen molar-refractivity contribution in [2.45, 2.75) is 25.0 Å². The summed E-state index contributed by atoms with van der Waals surface area (Å²) >= 11 is 7.79. The van der Waals surface area contributed by atoms with Gasteiger partial charge in [-0.25, -0.2) is 4.68 Å². The molecule has 0 bridgehead atoms. The number of carbonyl (C=O) groups is 2. The lowest BCUT2D eigenvalue weighted by Gasteiger charge is -2.32. The van der Waals surface area contributed by atoms with Crippen molar-refractivity contribution in [1.29, 1.82) is 0 Å². The molecule has 6 rings (SSSR count). The Kier molecular flexibility index (Phi) is 9.47. The second-order valence-electron chi connectivity index (χ2n) is 11.5.